The first kappa shape index (κ1) is 14.8. The molecule has 0 radical (unpaired) electrons. The number of carboxylic acid groups (broad SMARTS) is 1. The van der Waals surface area contributed by atoms with Gasteiger partial charge in [-0.1, -0.05) is 15.9 Å². The van der Waals surface area contributed by atoms with E-state index in [2.05, 4.69) is 20.9 Å². The molecule has 1 atom stereocenters. The summed E-state index contributed by atoms with van der Waals surface area (Å²) in [5, 5.41) is 9.67. The van der Waals surface area contributed by atoms with Crippen LogP contribution in [-0.4, -0.2) is 40.0 Å². The number of aromatic amines is 1. The summed E-state index contributed by atoms with van der Waals surface area (Å²) < 4.78 is 0.797. The molecule has 0 unspecified atom stereocenters. The first-order chi connectivity index (χ1) is 10.5. The highest BCUT2D eigenvalue weighted by Gasteiger charge is 2.32. The van der Waals surface area contributed by atoms with E-state index in [0.717, 1.165) is 4.47 Å². The number of carboxylic acids is 1. The van der Waals surface area contributed by atoms with Gasteiger partial charge in [-0.2, -0.15) is 0 Å². The second-order valence-corrected chi connectivity index (χ2v) is 6.23. The topological polar surface area (TPSA) is 90.5 Å². The highest BCUT2D eigenvalue weighted by atomic mass is 79.9. The van der Waals surface area contributed by atoms with E-state index in [1.54, 1.807) is 18.2 Å². The lowest BCUT2D eigenvalue weighted by Gasteiger charge is -2.17. The number of hydrogen-bond donors (Lipinski definition) is 2. The molecule has 2 heterocycles. The minimum absolute atomic E-state index is 0.177. The number of likely N-dealkylation sites (tertiary alicyclic amines) is 1. The summed E-state index contributed by atoms with van der Waals surface area (Å²) in [6.45, 7) is 0.564. The summed E-state index contributed by atoms with van der Waals surface area (Å²) in [4.78, 5) is 39.6. The zero-order valence-electron chi connectivity index (χ0n) is 11.5. The molecule has 0 aliphatic carbocycles. The number of pyridine rings is 1. The van der Waals surface area contributed by atoms with Gasteiger partial charge in [0.05, 0.1) is 11.5 Å². The fourth-order valence-electron chi connectivity index (χ4n) is 2.72. The number of halogens is 1. The first-order valence-electron chi connectivity index (χ1n) is 6.80. The van der Waals surface area contributed by atoms with Crippen LogP contribution in [0.3, 0.4) is 0 Å². The second-order valence-electron chi connectivity index (χ2n) is 5.31. The number of nitrogens with one attached hydrogen (secondary N) is 1. The van der Waals surface area contributed by atoms with E-state index in [1.807, 2.05) is 0 Å². The van der Waals surface area contributed by atoms with Gasteiger partial charge in [0.25, 0.3) is 5.91 Å². The van der Waals surface area contributed by atoms with Crippen LogP contribution in [0.4, 0.5) is 0 Å². The molecule has 0 saturated carbocycles. The van der Waals surface area contributed by atoms with E-state index in [4.69, 9.17) is 5.11 Å². The third kappa shape index (κ3) is 2.64. The summed E-state index contributed by atoms with van der Waals surface area (Å²) in [6, 6.07) is 6.54. The zero-order chi connectivity index (χ0) is 15.9. The van der Waals surface area contributed by atoms with Crippen molar-refractivity contribution in [3.63, 3.8) is 0 Å². The van der Waals surface area contributed by atoms with Gasteiger partial charge in [-0.25, -0.2) is 0 Å². The monoisotopic (exact) mass is 364 g/mol. The first-order valence-corrected chi connectivity index (χ1v) is 7.59. The second kappa shape index (κ2) is 5.57. The van der Waals surface area contributed by atoms with Gasteiger partial charge in [0.15, 0.2) is 0 Å². The van der Waals surface area contributed by atoms with Crippen molar-refractivity contribution in [2.75, 3.05) is 13.1 Å². The third-order valence-corrected chi connectivity index (χ3v) is 4.35. The Morgan fingerprint density at radius 2 is 2.09 bits per heavy atom. The molecule has 0 spiro atoms. The lowest BCUT2D eigenvalue weighted by atomic mass is 10.1. The molecule has 1 amide bonds. The SMILES string of the molecule is O=C(O)[C@@H]1CCN(C(=O)c2cc(=O)[nH]c3ccc(Br)cc23)C1. The van der Waals surface area contributed by atoms with E-state index < -0.39 is 11.9 Å². The van der Waals surface area contributed by atoms with Gasteiger partial charge in [-0.05, 0) is 24.6 Å². The predicted octanol–water partition coefficient (Wildman–Crippen LogP) is 1.84. The molecule has 2 N–H and O–H groups in total. The van der Waals surface area contributed by atoms with Crippen LogP contribution in [0.15, 0.2) is 33.5 Å². The third-order valence-electron chi connectivity index (χ3n) is 3.86. The number of aromatic nitrogens is 1. The van der Waals surface area contributed by atoms with E-state index >= 15 is 0 Å². The largest absolute Gasteiger partial charge is 0.481 e. The standard InChI is InChI=1S/C15H13BrN2O4/c16-9-1-2-12-10(5-9)11(6-13(19)17-12)14(20)18-4-3-8(7-18)15(21)22/h1-2,5-6,8H,3-4,7H2,(H,17,19)(H,21,22)/t8-/m1/s1. The van der Waals surface area contributed by atoms with Crippen molar-refractivity contribution >= 4 is 38.7 Å². The lowest BCUT2D eigenvalue weighted by Crippen LogP contribution is -2.31. The molecule has 3 rings (SSSR count). The van der Waals surface area contributed by atoms with Crippen LogP contribution < -0.4 is 5.56 Å². The molecule has 0 bridgehead atoms. The molecule has 1 fully saturated rings. The minimum atomic E-state index is -0.895. The summed E-state index contributed by atoms with van der Waals surface area (Å²) in [6.07, 6.45) is 0.436. The maximum absolute atomic E-state index is 12.7. The smallest absolute Gasteiger partial charge is 0.308 e. The summed E-state index contributed by atoms with van der Waals surface area (Å²) in [7, 11) is 0. The van der Waals surface area contributed by atoms with E-state index in [1.165, 1.54) is 11.0 Å². The number of amides is 1. The molecule has 114 valence electrons. The van der Waals surface area contributed by atoms with Crippen LogP contribution >= 0.6 is 15.9 Å². The van der Waals surface area contributed by atoms with Crippen LogP contribution in [0.25, 0.3) is 10.9 Å². The quantitative estimate of drug-likeness (QED) is 0.850. The van der Waals surface area contributed by atoms with E-state index in [0.29, 0.717) is 29.4 Å². The van der Waals surface area contributed by atoms with Gasteiger partial charge < -0.3 is 15.0 Å². The number of hydrogen-bond acceptors (Lipinski definition) is 3. The van der Waals surface area contributed by atoms with Crippen LogP contribution in [0.2, 0.25) is 0 Å². The number of nitrogens with zero attached hydrogens (tertiary/aromatic N) is 1. The summed E-state index contributed by atoms with van der Waals surface area (Å²) in [5.41, 5.74) is 0.520. The highest BCUT2D eigenvalue weighted by molar-refractivity contribution is 9.10. The van der Waals surface area contributed by atoms with Crippen molar-refractivity contribution in [2.45, 2.75) is 6.42 Å². The average Bonchev–Trinajstić information content (AvgIpc) is 2.96. The van der Waals surface area contributed by atoms with Crippen LogP contribution in [-0.2, 0) is 4.79 Å². The molecule has 1 aromatic carbocycles. The van der Waals surface area contributed by atoms with Gasteiger partial charge in [-0.3, -0.25) is 14.4 Å². The molecule has 22 heavy (non-hydrogen) atoms. The Labute approximate surface area is 133 Å². The molecule has 1 aliphatic heterocycles. The van der Waals surface area contributed by atoms with Crippen molar-refractivity contribution in [3.05, 3.63) is 44.7 Å². The summed E-state index contributed by atoms with van der Waals surface area (Å²) in [5.74, 6) is -1.74. The van der Waals surface area contributed by atoms with E-state index in [-0.39, 0.29) is 18.0 Å². The Bertz CT molecular complexity index is 830. The Kier molecular flexibility index (Phi) is 3.74. The number of carbonyl (C=O) groups excluding carboxylic acids is 1. The van der Waals surface area contributed by atoms with Gasteiger partial charge in [0, 0.05) is 34.5 Å². The van der Waals surface area contributed by atoms with Crippen LogP contribution in [0.1, 0.15) is 16.8 Å². The van der Waals surface area contributed by atoms with Gasteiger partial charge in [0.1, 0.15) is 0 Å². The Morgan fingerprint density at radius 3 is 2.77 bits per heavy atom. The van der Waals surface area contributed by atoms with Crippen molar-refractivity contribution in [1.29, 1.82) is 0 Å². The maximum Gasteiger partial charge on any atom is 0.308 e. The maximum atomic E-state index is 12.7. The van der Waals surface area contributed by atoms with E-state index in [9.17, 15) is 14.4 Å². The number of benzene rings is 1. The number of rotatable bonds is 2. The summed E-state index contributed by atoms with van der Waals surface area (Å²) >= 11 is 3.35. The Balaban J connectivity index is 2.02. The van der Waals surface area contributed by atoms with Crippen molar-refractivity contribution in [1.82, 2.24) is 9.88 Å². The molecule has 1 aromatic heterocycles. The van der Waals surface area contributed by atoms with Crippen LogP contribution in [0, 0.1) is 5.92 Å². The Morgan fingerprint density at radius 1 is 1.32 bits per heavy atom. The number of fused-ring (bicyclic) bond motifs is 1. The molecule has 1 aliphatic rings. The van der Waals surface area contributed by atoms with Crippen LogP contribution in [0.5, 0.6) is 0 Å². The molecule has 7 heteroatoms. The normalized spacial score (nSPS) is 17.9. The van der Waals surface area contributed by atoms with Gasteiger partial charge in [0.2, 0.25) is 5.56 Å². The average molecular weight is 365 g/mol. The molecular formula is C15H13BrN2O4. The van der Waals surface area contributed by atoms with Gasteiger partial charge in [-0.15, -0.1) is 0 Å². The van der Waals surface area contributed by atoms with Crippen molar-refractivity contribution in [3.8, 4) is 0 Å². The Hall–Kier alpha value is -2.15. The van der Waals surface area contributed by atoms with Crippen molar-refractivity contribution in [2.24, 2.45) is 5.92 Å². The molecule has 2 aromatic rings. The molecule has 6 nitrogen and oxygen atoms in total. The minimum Gasteiger partial charge on any atom is -0.481 e. The number of carbonyl (C=O) groups is 2. The van der Waals surface area contributed by atoms with Crippen molar-refractivity contribution < 1.29 is 14.7 Å². The van der Waals surface area contributed by atoms with Gasteiger partial charge >= 0.3 is 5.97 Å². The number of aliphatic carboxylic acids is 1. The lowest BCUT2D eigenvalue weighted by molar-refractivity contribution is -0.141. The fraction of sp³-hybridized carbons (Fsp3) is 0.267. The molecular weight excluding hydrogens is 352 g/mol. The fourth-order valence-corrected chi connectivity index (χ4v) is 3.08. The zero-order valence-corrected chi connectivity index (χ0v) is 13.1. The number of H-pyrrole nitrogens is 1. The predicted molar refractivity (Wildman–Crippen MR) is 83.9 cm³/mol. The molecule has 1 saturated heterocycles. The highest BCUT2D eigenvalue weighted by Crippen LogP contribution is 2.24.